The first-order valence-corrected chi connectivity index (χ1v) is 7.43. The Morgan fingerprint density at radius 2 is 2.33 bits per heavy atom. The third-order valence-corrected chi connectivity index (χ3v) is 3.75. The molecule has 0 aliphatic carbocycles. The number of aromatic nitrogens is 1. The summed E-state index contributed by atoms with van der Waals surface area (Å²) in [6, 6.07) is 8.56. The maximum absolute atomic E-state index is 9.64. The van der Waals surface area contributed by atoms with Gasteiger partial charge in [0, 0.05) is 184 Å². The first-order chi connectivity index (χ1) is 68.6. The topological polar surface area (TPSA) is 79.4 Å². The molecule has 238 valence electrons. The van der Waals surface area contributed by atoms with Crippen LogP contribution in [0, 0.1) is 6.57 Å². The Morgan fingerprint density at radius 3 is 3.08 bits per heavy atom. The van der Waals surface area contributed by atoms with Crippen LogP contribution in [0.1, 0.15) is 176 Å². The molecular weight excluding hydrogens is 309 g/mol. The Morgan fingerprint density at radius 1 is 1.50 bits per heavy atom. The second-order valence-corrected chi connectivity index (χ2v) is 5.38. The largest absolute Gasteiger partial charge is 0.491 e. The number of fused-ring (bicyclic) bond motifs is 1. The summed E-state index contributed by atoms with van der Waals surface area (Å²) in [6.45, 7) is 7.89. The van der Waals surface area contributed by atoms with E-state index in [2.05, 4.69) is 9.83 Å². The number of ether oxygens (including phenoxy) is 1. The molecular formula is C16H132BN3O4. The minimum atomic E-state index is -0.885. The highest BCUT2D eigenvalue weighted by atomic mass is 16.5. The van der Waals surface area contributed by atoms with Gasteiger partial charge < -0.3 is 24.4 Å². The summed E-state index contributed by atoms with van der Waals surface area (Å²) in [6.07, 6.45) is 0. The van der Waals surface area contributed by atoms with E-state index in [4.69, 9.17) is 190 Å². The van der Waals surface area contributed by atoms with Crippen molar-refractivity contribution in [3.8, 4) is 11.6 Å². The molecule has 0 unspecified atom stereocenters. The van der Waals surface area contributed by atoms with E-state index in [-0.39, 0.29) is 8.03 Å². The van der Waals surface area contributed by atoms with Crippen molar-refractivity contribution in [1.82, 2.24) is 4.98 Å². The number of benzene rings is 1. The van der Waals surface area contributed by atoms with Crippen molar-refractivity contribution in [2.24, 2.45) is 0 Å². The fourth-order valence-electron chi connectivity index (χ4n) is 2.50. The second kappa shape index (κ2) is 6.89. The third kappa shape index (κ3) is 3.19. The van der Waals surface area contributed by atoms with Gasteiger partial charge in [0.05, 0.1) is 19.8 Å². The summed E-state index contributed by atoms with van der Waals surface area (Å²) in [7, 11) is 0.870. The minimum absolute atomic E-state index is 0. The molecule has 7 nitrogen and oxygen atoms in total. The Bertz CT molecular complexity index is 886. The highest BCUT2D eigenvalue weighted by Crippen LogP contribution is 2.30. The number of pyridine rings is 1. The van der Waals surface area contributed by atoms with E-state index in [1.807, 2.05) is 0 Å². The average Bonchev–Trinajstić information content (AvgIpc) is 1.75. The highest BCUT2D eigenvalue weighted by Gasteiger charge is 2.27. The van der Waals surface area contributed by atoms with Crippen molar-refractivity contribution in [2.45, 2.75) is 6.61 Å². The lowest BCUT2D eigenvalue weighted by Crippen LogP contribution is -2.27. The van der Waals surface area contributed by atoms with E-state index >= 15 is 0 Å². The molecule has 2 aromatic rings. The van der Waals surface area contributed by atoms with Crippen LogP contribution < -0.4 is 15.1 Å². The normalized spacial score (nSPS) is 31.7. The molecule has 0 atom stereocenters. The van der Waals surface area contributed by atoms with Crippen molar-refractivity contribution in [2.75, 3.05) is 25.1 Å². The quantitative estimate of drug-likeness (QED) is 0.281. The van der Waals surface area contributed by atoms with E-state index in [1.54, 1.807) is 42.3 Å². The predicted octanol–water partition coefficient (Wildman–Crippen LogP) is 15.3. The molecule has 3 rings (SSSR count). The lowest BCUT2D eigenvalue weighted by atomic mass is 9.80. The molecule has 0 fully saturated rings. The minimum Gasteiger partial charge on any atom is -0.439 e. The molecule has 1 aromatic heterocycles. The zero-order chi connectivity index (χ0) is 131. The van der Waals surface area contributed by atoms with Crippen LogP contribution in [0.15, 0.2) is 30.3 Å². The standard InChI is InChI=1S/C16H16BN3O4.58H2/c1-18-14-5-6-15(19-16(14)20(2)7-8-21)24-12-3-4-13-11(9-12)10-23-17(13)22;;;;;;;;;;;;;;;;;;;;;;;;;;;;;;;;;;;;;;;;;;;;;;;;;;;;;;;;;;/h3-6,9,21-22H,7-8,10H2,2H3;58*1H/i;57*1+1D;1+1. The van der Waals surface area contributed by atoms with Gasteiger partial charge in [-0.05, 0) is 35.3 Å². The molecule has 24 heavy (non-hydrogen) atoms. The monoisotopic (exact) mass is 558 g/mol. The smallest absolute Gasteiger partial charge is 0.439 e. The lowest BCUT2D eigenvalue weighted by molar-refractivity contribution is 0.275. The first-order valence-electron chi connectivity index (χ1n) is 64.4. The molecule has 0 radical (unpaired) electrons. The van der Waals surface area contributed by atoms with Crippen molar-refractivity contribution in [3.63, 3.8) is 0 Å². The Balaban J connectivity index is -0.00000000987. The van der Waals surface area contributed by atoms with Gasteiger partial charge in [0.25, 0.3) is 0 Å². The number of likely N-dealkylation sites (N-methyl/N-ethyl adjacent to an activating group) is 1. The average molecular weight is 558 g/mol. The van der Waals surface area contributed by atoms with E-state index in [9.17, 15) is 5.02 Å². The van der Waals surface area contributed by atoms with Crippen LogP contribution in [0.25, 0.3) is 4.85 Å². The summed E-state index contributed by atoms with van der Waals surface area (Å²) in [5.74, 6) is 1.38. The summed E-state index contributed by atoms with van der Waals surface area (Å²) < 4.78 is 581. The van der Waals surface area contributed by atoms with Gasteiger partial charge in [-0.25, -0.2) is 9.83 Å². The number of anilines is 1. The number of aliphatic hydroxyl groups excluding tert-OH is 1. The van der Waals surface area contributed by atoms with Crippen LogP contribution in [0.2, 0.25) is 0 Å². The number of nitrogens with zero attached hydrogens (tertiary/aromatic N) is 3. The molecule has 2 N–H and O–H groups in total. The zero-order valence-electron chi connectivity index (χ0n) is 127. The fourth-order valence-corrected chi connectivity index (χ4v) is 2.50. The molecule has 0 bridgehead atoms. The summed E-state index contributed by atoms with van der Waals surface area (Å²) in [5, 5.41) is 18.7. The Labute approximate surface area is 317 Å². The van der Waals surface area contributed by atoms with Crippen molar-refractivity contribution in [3.05, 3.63) is 47.3 Å². The predicted molar refractivity (Wildman–Crippen MR) is 212 cm³/mol. The molecule has 1 aromatic carbocycles. The molecule has 8 heteroatoms. The number of rotatable bonds is 5. The zero-order valence-corrected chi connectivity index (χ0v) is 13.1. The number of aliphatic hydroxyl groups is 1. The third-order valence-electron chi connectivity index (χ3n) is 3.75. The van der Waals surface area contributed by atoms with Gasteiger partial charge in [-0.1, -0.05) is 6.07 Å². The lowest BCUT2D eigenvalue weighted by Gasteiger charge is -2.19. The van der Waals surface area contributed by atoms with Crippen LogP contribution in [-0.2, 0) is 11.3 Å². The first kappa shape index (κ1) is 1.38. The van der Waals surface area contributed by atoms with Gasteiger partial charge in [0.15, 0.2) is 0 Å². The molecule has 1 aliphatic rings. The van der Waals surface area contributed by atoms with E-state index < -0.39 is 7.12 Å². The van der Waals surface area contributed by atoms with E-state index in [0.29, 0.717) is 36.3 Å². The van der Waals surface area contributed by atoms with Gasteiger partial charge in [0.1, 0.15) is 11.6 Å². The van der Waals surface area contributed by atoms with Crippen LogP contribution in [0.4, 0.5) is 11.5 Å². The van der Waals surface area contributed by atoms with Crippen LogP contribution in [0.3, 0.4) is 0 Å². The second-order valence-electron chi connectivity index (χ2n) is 5.38. The maximum atomic E-state index is 9.64. The van der Waals surface area contributed by atoms with Gasteiger partial charge in [-0.2, -0.15) is 0 Å². The Kier molecular flexibility index (Phi) is 0.395. The number of hydrogen-bond acceptors (Lipinski definition) is 6. The molecule has 0 spiro atoms. The molecule has 0 saturated heterocycles. The van der Waals surface area contributed by atoms with Crippen molar-refractivity contribution >= 4 is 24.1 Å². The SMILES string of the molecule is [2HH].[2H][2H].[2H][2H].[2H][2H].[2H][2H].[2H][2H].[2H][2H].[2H][2H].[2H][2H].[2H][2H].[2H][2H].[2H][2H].[2H][2H].[2H][2H].[2H][2H].[2H][2H].[2H][2H].[2H][2H].[2H][2H].[2H][2H].[2H][2H].[2H][2H].[2H][2H].[2H][2H].[2H][2H].[2H][2H].[2H][2H].[2H][2H].[2H][2H].[2H][2H].[2H][2H].[2H][2H].[2H][2H].[2H][2H].[2H][2H].[2H][2H].[2H][2H].[2H][2H].[2H][2H].[2H][2H].[2H][2H].[2H][2H].[2H][2H].[2H][2H].[2H][2H].[2H][2H].[2H][2H].[2H][2H].[2H][2H].[2H][2H].[2H][2H].[2H][2H].[2H][2H].[2H][2H].[2H][2H].[2H][2H].[2H][2H].[2H][2H].[C-]#[N+]c1ccc(Oc2ccc3c(c2)COB3O)nc1N(C)CCO. The van der Waals surface area contributed by atoms with Crippen LogP contribution >= 0.6 is 0 Å². The van der Waals surface area contributed by atoms with Crippen molar-refractivity contribution < 1.29 is 190 Å². The maximum Gasteiger partial charge on any atom is 0.491 e. The molecule has 0 amide bonds. The van der Waals surface area contributed by atoms with Gasteiger partial charge in [-0.15, -0.1) is 0 Å². The molecule has 0 saturated carbocycles. The van der Waals surface area contributed by atoms with E-state index in [0.717, 1.165) is 11.0 Å². The highest BCUT2D eigenvalue weighted by molar-refractivity contribution is 6.61. The summed E-state index contributed by atoms with van der Waals surface area (Å²) in [5.41, 5.74) is 2.00. The van der Waals surface area contributed by atoms with E-state index in [1.165, 1.54) is 0 Å². The van der Waals surface area contributed by atoms with Gasteiger partial charge >= 0.3 is 7.12 Å². The van der Waals surface area contributed by atoms with Gasteiger partial charge in [-0.3, -0.25) is 0 Å². The Hall–Kier alpha value is -2.60. The van der Waals surface area contributed by atoms with Crippen molar-refractivity contribution in [1.29, 1.82) is 0 Å². The summed E-state index contributed by atoms with van der Waals surface area (Å²) in [4.78, 5) is 9.51. The summed E-state index contributed by atoms with van der Waals surface area (Å²) >= 11 is 0. The van der Waals surface area contributed by atoms with Crippen LogP contribution in [-0.4, -0.2) is 42.4 Å². The number of hydrogen-bond donors (Lipinski definition) is 2. The molecule has 1 aliphatic heterocycles. The van der Waals surface area contributed by atoms with Gasteiger partial charge in [0.2, 0.25) is 11.6 Å². The van der Waals surface area contributed by atoms with Crippen LogP contribution in [0.5, 0.6) is 11.6 Å². The fraction of sp³-hybridized carbons (Fsp3) is 0.250. The molecule has 2 heterocycles.